The van der Waals surface area contributed by atoms with Gasteiger partial charge < -0.3 is 20.3 Å². The Morgan fingerprint density at radius 2 is 1.86 bits per heavy atom. The molecular weight excluding hydrogens is 462 g/mol. The second-order valence-electron chi connectivity index (χ2n) is 8.42. The van der Waals surface area contributed by atoms with Gasteiger partial charge in [-0.2, -0.15) is 0 Å². The monoisotopic (exact) mass is 491 g/mol. The van der Waals surface area contributed by atoms with Crippen molar-refractivity contribution in [1.82, 2.24) is 15.2 Å². The number of aromatic nitrogens is 1. The van der Waals surface area contributed by atoms with E-state index in [0.717, 1.165) is 11.1 Å². The zero-order chi connectivity index (χ0) is 26.2. The maximum absolute atomic E-state index is 13.0. The Kier molecular flexibility index (Phi) is 8.75. The third kappa shape index (κ3) is 6.67. The first kappa shape index (κ1) is 26.4. The van der Waals surface area contributed by atoms with Gasteiger partial charge in [0.2, 0.25) is 0 Å². The van der Waals surface area contributed by atoms with Crippen LogP contribution in [0.25, 0.3) is 0 Å². The molecule has 1 heterocycles. The number of rotatable bonds is 11. The van der Waals surface area contributed by atoms with E-state index in [4.69, 9.17) is 4.74 Å². The molecule has 0 fully saturated rings. The first-order valence-corrected chi connectivity index (χ1v) is 11.3. The van der Waals surface area contributed by atoms with E-state index in [2.05, 4.69) is 10.3 Å². The van der Waals surface area contributed by atoms with E-state index < -0.39 is 11.9 Å². The molecule has 0 aliphatic carbocycles. The summed E-state index contributed by atoms with van der Waals surface area (Å²) < 4.78 is 5.22. The summed E-state index contributed by atoms with van der Waals surface area (Å²) in [6.07, 6.45) is 3.07. The van der Waals surface area contributed by atoms with Gasteiger partial charge in [0.1, 0.15) is 5.75 Å². The number of hydrogen-bond donors (Lipinski definition) is 3. The summed E-state index contributed by atoms with van der Waals surface area (Å²) in [5.41, 5.74) is 3.39. The number of amides is 1. The number of carboxylic acid groups (broad SMARTS) is 2. The molecule has 1 amide bonds. The van der Waals surface area contributed by atoms with Crippen molar-refractivity contribution >= 4 is 17.8 Å². The number of methoxy groups -OCH3 is 1. The van der Waals surface area contributed by atoms with Crippen LogP contribution in [-0.2, 0) is 17.9 Å². The molecule has 2 aromatic carbocycles. The molecule has 0 aliphatic heterocycles. The number of nitrogens with zero attached hydrogens (tertiary/aromatic N) is 2. The zero-order valence-electron chi connectivity index (χ0n) is 20.4. The molecule has 0 spiro atoms. The number of carbonyl (C=O) groups excluding carboxylic acids is 1. The van der Waals surface area contributed by atoms with Crippen LogP contribution in [0, 0.1) is 6.92 Å². The Morgan fingerprint density at radius 3 is 2.53 bits per heavy atom. The SMILES string of the molecule is COc1cccc(CNC(=O)c2ccncc2CN(CC(=O)O)[C@@H](C)c2ccc(C(=O)O)c(C)c2)c1. The lowest BCUT2D eigenvalue weighted by Crippen LogP contribution is -2.33. The van der Waals surface area contributed by atoms with Gasteiger partial charge in [0.25, 0.3) is 5.91 Å². The van der Waals surface area contributed by atoms with Crippen molar-refractivity contribution in [3.8, 4) is 5.75 Å². The number of hydrogen-bond acceptors (Lipinski definition) is 6. The van der Waals surface area contributed by atoms with Gasteiger partial charge in [0.05, 0.1) is 19.2 Å². The number of pyridine rings is 1. The highest BCUT2D eigenvalue weighted by atomic mass is 16.5. The van der Waals surface area contributed by atoms with Gasteiger partial charge >= 0.3 is 11.9 Å². The number of aliphatic carboxylic acids is 1. The number of aryl methyl sites for hydroxylation is 1. The van der Waals surface area contributed by atoms with E-state index in [1.165, 1.54) is 12.3 Å². The number of nitrogens with one attached hydrogen (secondary N) is 1. The minimum Gasteiger partial charge on any atom is -0.497 e. The summed E-state index contributed by atoms with van der Waals surface area (Å²) in [6.45, 7) is 3.72. The van der Waals surface area contributed by atoms with Gasteiger partial charge in [-0.1, -0.05) is 24.3 Å². The molecule has 3 N–H and O–H groups in total. The van der Waals surface area contributed by atoms with E-state index in [1.54, 1.807) is 43.3 Å². The Bertz CT molecular complexity index is 1260. The van der Waals surface area contributed by atoms with E-state index in [0.29, 0.717) is 29.0 Å². The molecule has 36 heavy (non-hydrogen) atoms. The average molecular weight is 492 g/mol. The second kappa shape index (κ2) is 11.9. The maximum atomic E-state index is 13.0. The summed E-state index contributed by atoms with van der Waals surface area (Å²) in [7, 11) is 1.58. The highest BCUT2D eigenvalue weighted by Crippen LogP contribution is 2.25. The van der Waals surface area contributed by atoms with Crippen LogP contribution in [0.2, 0.25) is 0 Å². The molecule has 1 aromatic heterocycles. The van der Waals surface area contributed by atoms with Crippen molar-refractivity contribution in [2.75, 3.05) is 13.7 Å². The molecule has 0 unspecified atom stereocenters. The molecule has 3 aromatic rings. The lowest BCUT2D eigenvalue weighted by Gasteiger charge is -2.29. The van der Waals surface area contributed by atoms with E-state index in [9.17, 15) is 24.6 Å². The predicted octanol–water partition coefficient (Wildman–Crippen LogP) is 3.67. The third-order valence-electron chi connectivity index (χ3n) is 5.96. The van der Waals surface area contributed by atoms with Crippen LogP contribution in [-0.4, -0.2) is 51.6 Å². The van der Waals surface area contributed by atoms with E-state index >= 15 is 0 Å². The van der Waals surface area contributed by atoms with Crippen LogP contribution in [0.5, 0.6) is 5.75 Å². The van der Waals surface area contributed by atoms with Gasteiger partial charge in [0.15, 0.2) is 0 Å². The van der Waals surface area contributed by atoms with Crippen LogP contribution in [0.3, 0.4) is 0 Å². The molecule has 0 bridgehead atoms. The normalized spacial score (nSPS) is 11.7. The van der Waals surface area contributed by atoms with Gasteiger partial charge in [-0.3, -0.25) is 19.5 Å². The minimum absolute atomic E-state index is 0.156. The number of carbonyl (C=O) groups is 3. The standard InChI is InChI=1S/C27H29N3O6/c1-17-11-20(7-8-23(17)27(34)35)18(2)30(16-25(31)32)15-21-14-28-10-9-24(21)26(33)29-13-19-5-4-6-22(12-19)36-3/h4-12,14,18H,13,15-16H2,1-3H3,(H,29,33)(H,31,32)(H,34,35)/t18-/m0/s1. The Balaban J connectivity index is 1.81. The maximum Gasteiger partial charge on any atom is 0.335 e. The minimum atomic E-state index is -1.02. The lowest BCUT2D eigenvalue weighted by molar-refractivity contribution is -0.139. The highest BCUT2D eigenvalue weighted by molar-refractivity contribution is 5.95. The zero-order valence-corrected chi connectivity index (χ0v) is 20.4. The van der Waals surface area contributed by atoms with E-state index in [1.807, 2.05) is 31.2 Å². The van der Waals surface area contributed by atoms with Crippen LogP contribution in [0.1, 0.15) is 55.9 Å². The number of aromatic carboxylic acids is 1. The Hall–Kier alpha value is -4.24. The Labute approximate surface area is 209 Å². The van der Waals surface area contributed by atoms with Crippen LogP contribution in [0.15, 0.2) is 60.9 Å². The summed E-state index contributed by atoms with van der Waals surface area (Å²) in [4.78, 5) is 41.9. The highest BCUT2D eigenvalue weighted by Gasteiger charge is 2.23. The lowest BCUT2D eigenvalue weighted by atomic mass is 9.99. The molecule has 3 rings (SSSR count). The Morgan fingerprint density at radius 1 is 1.08 bits per heavy atom. The van der Waals surface area contributed by atoms with Crippen LogP contribution >= 0.6 is 0 Å². The van der Waals surface area contributed by atoms with Gasteiger partial charge in [-0.25, -0.2) is 4.79 Å². The van der Waals surface area contributed by atoms with Gasteiger partial charge in [0, 0.05) is 37.1 Å². The summed E-state index contributed by atoms with van der Waals surface area (Å²) >= 11 is 0. The molecular formula is C27H29N3O6. The molecule has 0 saturated carbocycles. The summed E-state index contributed by atoms with van der Waals surface area (Å²) in [5.74, 6) is -1.65. The van der Waals surface area contributed by atoms with Crippen molar-refractivity contribution in [3.05, 3.63) is 94.3 Å². The number of ether oxygens (including phenoxy) is 1. The molecule has 0 saturated heterocycles. The smallest absolute Gasteiger partial charge is 0.335 e. The van der Waals surface area contributed by atoms with E-state index in [-0.39, 0.29) is 30.6 Å². The quantitative estimate of drug-likeness (QED) is 0.371. The van der Waals surface area contributed by atoms with Crippen LogP contribution < -0.4 is 10.1 Å². The molecule has 1 atom stereocenters. The van der Waals surface area contributed by atoms with Crippen molar-refractivity contribution in [2.45, 2.75) is 33.0 Å². The first-order valence-electron chi connectivity index (χ1n) is 11.3. The fourth-order valence-corrected chi connectivity index (χ4v) is 3.95. The topological polar surface area (TPSA) is 129 Å². The fraction of sp³-hybridized carbons (Fsp3) is 0.259. The van der Waals surface area contributed by atoms with Crippen molar-refractivity contribution in [2.24, 2.45) is 0 Å². The van der Waals surface area contributed by atoms with Crippen molar-refractivity contribution < 1.29 is 29.3 Å². The van der Waals surface area contributed by atoms with Gasteiger partial charge in [-0.15, -0.1) is 0 Å². The van der Waals surface area contributed by atoms with Crippen molar-refractivity contribution in [3.63, 3.8) is 0 Å². The predicted molar refractivity (Wildman–Crippen MR) is 133 cm³/mol. The molecule has 9 nitrogen and oxygen atoms in total. The summed E-state index contributed by atoms with van der Waals surface area (Å²) in [6, 6.07) is 13.6. The first-order chi connectivity index (χ1) is 17.2. The summed E-state index contributed by atoms with van der Waals surface area (Å²) in [5, 5.41) is 21.7. The van der Waals surface area contributed by atoms with Gasteiger partial charge in [-0.05, 0) is 60.4 Å². The number of benzene rings is 2. The molecule has 188 valence electrons. The molecule has 9 heteroatoms. The second-order valence-corrected chi connectivity index (χ2v) is 8.42. The average Bonchev–Trinajstić information content (AvgIpc) is 2.86. The van der Waals surface area contributed by atoms with Crippen molar-refractivity contribution in [1.29, 1.82) is 0 Å². The molecule has 0 aliphatic rings. The van der Waals surface area contributed by atoms with Crippen LogP contribution in [0.4, 0.5) is 0 Å². The number of carboxylic acids is 2. The third-order valence-corrected chi connectivity index (χ3v) is 5.96. The molecule has 0 radical (unpaired) electrons. The fourth-order valence-electron chi connectivity index (χ4n) is 3.95. The largest absolute Gasteiger partial charge is 0.497 e.